The second kappa shape index (κ2) is 6.78. The summed E-state index contributed by atoms with van der Waals surface area (Å²) >= 11 is 0. The molecule has 1 aromatic carbocycles. The highest BCUT2D eigenvalue weighted by atomic mass is 16.5. The minimum atomic E-state index is -0.184. The summed E-state index contributed by atoms with van der Waals surface area (Å²) in [7, 11) is 1.73. The molecule has 6 heteroatoms. The van der Waals surface area contributed by atoms with E-state index in [1.807, 2.05) is 30.3 Å². The van der Waals surface area contributed by atoms with Crippen LogP contribution in [-0.4, -0.2) is 41.2 Å². The van der Waals surface area contributed by atoms with Crippen molar-refractivity contribution in [1.29, 1.82) is 0 Å². The summed E-state index contributed by atoms with van der Waals surface area (Å²) in [6.07, 6.45) is 0.737. The van der Waals surface area contributed by atoms with Gasteiger partial charge in [0.05, 0.1) is 18.0 Å². The summed E-state index contributed by atoms with van der Waals surface area (Å²) in [5.74, 6) is 0.648. The zero-order valence-electron chi connectivity index (χ0n) is 12.3. The Balaban J connectivity index is 1.78. The van der Waals surface area contributed by atoms with Crippen LogP contribution < -0.4 is 10.5 Å². The predicted molar refractivity (Wildman–Crippen MR) is 81.3 cm³/mol. The van der Waals surface area contributed by atoms with Crippen LogP contribution in [0.15, 0.2) is 30.3 Å². The molecule has 0 aliphatic carbocycles. The van der Waals surface area contributed by atoms with Gasteiger partial charge in [-0.2, -0.15) is 5.10 Å². The molecule has 6 nitrogen and oxygen atoms in total. The number of nitrogens with one attached hydrogen (secondary N) is 1. The van der Waals surface area contributed by atoms with E-state index in [0.29, 0.717) is 24.5 Å². The fourth-order valence-electron chi connectivity index (χ4n) is 1.89. The first-order valence-corrected chi connectivity index (χ1v) is 6.83. The van der Waals surface area contributed by atoms with Crippen LogP contribution in [0.5, 0.6) is 5.75 Å². The van der Waals surface area contributed by atoms with Gasteiger partial charge in [0.2, 0.25) is 0 Å². The molecule has 0 fully saturated rings. The Morgan fingerprint density at radius 1 is 1.38 bits per heavy atom. The number of benzene rings is 1. The average molecular weight is 288 g/mol. The number of carbonyl (C=O) groups excluding carboxylic acids is 1. The second-order valence-electron chi connectivity index (χ2n) is 4.85. The molecule has 1 amide bonds. The third kappa shape index (κ3) is 3.75. The Kier molecular flexibility index (Phi) is 4.81. The molecule has 0 bridgehead atoms. The SMILES string of the molecule is Cc1[nH]nc(C(=O)N(C)CCCOc2ccccc2)c1N. The van der Waals surface area contributed by atoms with Crippen molar-refractivity contribution in [2.45, 2.75) is 13.3 Å². The van der Waals surface area contributed by atoms with Crippen molar-refractivity contribution in [3.63, 3.8) is 0 Å². The van der Waals surface area contributed by atoms with Gasteiger partial charge in [0.1, 0.15) is 5.75 Å². The molecule has 3 N–H and O–H groups in total. The molecule has 2 aromatic rings. The highest BCUT2D eigenvalue weighted by molar-refractivity contribution is 5.97. The van der Waals surface area contributed by atoms with Crippen molar-refractivity contribution in [3.8, 4) is 5.75 Å². The molecule has 1 aromatic heterocycles. The van der Waals surface area contributed by atoms with E-state index < -0.39 is 0 Å². The van der Waals surface area contributed by atoms with E-state index >= 15 is 0 Å². The molecule has 112 valence electrons. The molecule has 0 saturated carbocycles. The topological polar surface area (TPSA) is 84.2 Å². The number of hydrogen-bond acceptors (Lipinski definition) is 4. The van der Waals surface area contributed by atoms with Crippen LogP contribution in [0.25, 0.3) is 0 Å². The molecule has 0 unspecified atom stereocenters. The van der Waals surface area contributed by atoms with Crippen LogP contribution in [0.1, 0.15) is 22.6 Å². The fraction of sp³-hybridized carbons (Fsp3) is 0.333. The Bertz CT molecular complexity index is 595. The summed E-state index contributed by atoms with van der Waals surface area (Å²) in [5, 5.41) is 6.65. The number of aromatic nitrogens is 2. The standard InChI is InChI=1S/C15H20N4O2/c1-11-13(16)14(18-17-11)15(20)19(2)9-6-10-21-12-7-4-3-5-8-12/h3-5,7-8H,6,9-10,16H2,1-2H3,(H,17,18). The van der Waals surface area contributed by atoms with Gasteiger partial charge >= 0.3 is 0 Å². The number of ether oxygens (including phenoxy) is 1. The number of aromatic amines is 1. The lowest BCUT2D eigenvalue weighted by Crippen LogP contribution is -2.29. The van der Waals surface area contributed by atoms with E-state index in [-0.39, 0.29) is 11.6 Å². The Morgan fingerprint density at radius 3 is 2.71 bits per heavy atom. The smallest absolute Gasteiger partial charge is 0.276 e. The van der Waals surface area contributed by atoms with Crippen molar-refractivity contribution in [1.82, 2.24) is 15.1 Å². The van der Waals surface area contributed by atoms with Crippen LogP contribution in [0.2, 0.25) is 0 Å². The molecule has 0 radical (unpaired) electrons. The Hall–Kier alpha value is -2.50. The Morgan fingerprint density at radius 2 is 2.10 bits per heavy atom. The number of nitrogens with zero attached hydrogens (tertiary/aromatic N) is 2. The molecule has 0 atom stereocenters. The van der Waals surface area contributed by atoms with Gasteiger partial charge in [-0.3, -0.25) is 9.89 Å². The van der Waals surface area contributed by atoms with Crippen molar-refractivity contribution in [3.05, 3.63) is 41.7 Å². The third-order valence-corrected chi connectivity index (χ3v) is 3.19. The van der Waals surface area contributed by atoms with E-state index in [2.05, 4.69) is 10.2 Å². The first-order valence-electron chi connectivity index (χ1n) is 6.83. The second-order valence-corrected chi connectivity index (χ2v) is 4.85. The normalized spacial score (nSPS) is 10.4. The molecule has 21 heavy (non-hydrogen) atoms. The van der Waals surface area contributed by atoms with Gasteiger partial charge in [0.25, 0.3) is 5.91 Å². The quantitative estimate of drug-likeness (QED) is 0.794. The largest absolute Gasteiger partial charge is 0.494 e. The maximum Gasteiger partial charge on any atom is 0.276 e. The maximum absolute atomic E-state index is 12.2. The molecular weight excluding hydrogens is 268 g/mol. The van der Waals surface area contributed by atoms with E-state index in [4.69, 9.17) is 10.5 Å². The van der Waals surface area contributed by atoms with E-state index in [0.717, 1.165) is 12.2 Å². The first-order chi connectivity index (χ1) is 10.1. The number of anilines is 1. The average Bonchev–Trinajstić information content (AvgIpc) is 2.83. The highest BCUT2D eigenvalue weighted by Gasteiger charge is 2.18. The number of nitrogens with two attached hydrogens (primary N) is 1. The molecule has 0 spiro atoms. The summed E-state index contributed by atoms with van der Waals surface area (Å²) in [6, 6.07) is 9.60. The molecule has 0 aliphatic rings. The van der Waals surface area contributed by atoms with Crippen LogP contribution in [0, 0.1) is 6.92 Å². The van der Waals surface area contributed by atoms with Crippen molar-refractivity contribution in [2.75, 3.05) is 25.9 Å². The minimum Gasteiger partial charge on any atom is -0.494 e. The van der Waals surface area contributed by atoms with Crippen LogP contribution in [-0.2, 0) is 0 Å². The van der Waals surface area contributed by atoms with E-state index in [1.165, 1.54) is 0 Å². The lowest BCUT2D eigenvalue weighted by molar-refractivity contribution is 0.0783. The van der Waals surface area contributed by atoms with Crippen molar-refractivity contribution in [2.24, 2.45) is 0 Å². The summed E-state index contributed by atoms with van der Waals surface area (Å²) in [6.45, 7) is 2.92. The van der Waals surface area contributed by atoms with E-state index in [1.54, 1.807) is 18.9 Å². The summed E-state index contributed by atoms with van der Waals surface area (Å²) in [4.78, 5) is 13.8. The number of H-pyrrole nitrogens is 1. The van der Waals surface area contributed by atoms with Gasteiger partial charge in [-0.25, -0.2) is 0 Å². The molecule has 1 heterocycles. The van der Waals surface area contributed by atoms with Gasteiger partial charge in [0, 0.05) is 13.6 Å². The highest BCUT2D eigenvalue weighted by Crippen LogP contribution is 2.14. The van der Waals surface area contributed by atoms with Crippen LogP contribution in [0.4, 0.5) is 5.69 Å². The van der Waals surface area contributed by atoms with Gasteiger partial charge in [0.15, 0.2) is 5.69 Å². The monoisotopic (exact) mass is 288 g/mol. The van der Waals surface area contributed by atoms with Gasteiger partial charge in [-0.05, 0) is 25.5 Å². The third-order valence-electron chi connectivity index (χ3n) is 3.19. The number of para-hydroxylation sites is 1. The summed E-state index contributed by atoms with van der Waals surface area (Å²) in [5.41, 5.74) is 7.20. The molecule has 2 rings (SSSR count). The number of rotatable bonds is 6. The number of aryl methyl sites for hydroxylation is 1. The molecular formula is C15H20N4O2. The number of nitrogen functional groups attached to an aromatic ring is 1. The van der Waals surface area contributed by atoms with E-state index in [9.17, 15) is 4.79 Å². The minimum absolute atomic E-state index is 0.184. The predicted octanol–water partition coefficient (Wildman–Crippen LogP) is 1.84. The number of hydrogen-bond donors (Lipinski definition) is 2. The lowest BCUT2D eigenvalue weighted by atomic mass is 10.2. The van der Waals surface area contributed by atoms with Crippen molar-refractivity contribution >= 4 is 11.6 Å². The lowest BCUT2D eigenvalue weighted by Gasteiger charge is -2.16. The zero-order valence-corrected chi connectivity index (χ0v) is 12.3. The summed E-state index contributed by atoms with van der Waals surface area (Å²) < 4.78 is 5.59. The van der Waals surface area contributed by atoms with Crippen LogP contribution >= 0.6 is 0 Å². The van der Waals surface area contributed by atoms with Gasteiger partial charge < -0.3 is 15.4 Å². The number of carbonyl (C=O) groups is 1. The molecule has 0 saturated heterocycles. The zero-order chi connectivity index (χ0) is 15.2. The molecule has 0 aliphatic heterocycles. The number of amides is 1. The fourth-order valence-corrected chi connectivity index (χ4v) is 1.89. The van der Waals surface area contributed by atoms with Gasteiger partial charge in [-0.1, -0.05) is 18.2 Å². The van der Waals surface area contributed by atoms with Crippen LogP contribution in [0.3, 0.4) is 0 Å². The van der Waals surface area contributed by atoms with Crippen molar-refractivity contribution < 1.29 is 9.53 Å². The first kappa shape index (κ1) is 14.9. The maximum atomic E-state index is 12.2. The van der Waals surface area contributed by atoms with Gasteiger partial charge in [-0.15, -0.1) is 0 Å². The Labute approximate surface area is 123 Å².